The summed E-state index contributed by atoms with van der Waals surface area (Å²) in [5, 5.41) is 0. The number of allylic oxidation sites excluding steroid dienone is 6. The maximum absolute atomic E-state index is 12.7. The third-order valence-electron chi connectivity index (χ3n) is 10.4. The quantitative estimate of drug-likeness (QED) is 0.0212. The van der Waals surface area contributed by atoms with Crippen LogP contribution < -0.4 is 0 Å². The molecule has 0 radical (unpaired) electrons. The zero-order valence-electron chi connectivity index (χ0n) is 39.0. The molecule has 9 nitrogen and oxygen atoms in total. The molecule has 0 aliphatic heterocycles. The van der Waals surface area contributed by atoms with Crippen LogP contribution in [0.2, 0.25) is 0 Å². The monoisotopic (exact) mass is 855 g/mol. The molecule has 0 rings (SSSR count). The van der Waals surface area contributed by atoms with E-state index in [4.69, 9.17) is 18.5 Å². The van der Waals surface area contributed by atoms with Crippen LogP contribution in [-0.4, -0.2) is 74.9 Å². The number of likely N-dealkylation sites (N-methyl/N-ethyl adjacent to an activating group) is 1. The topological polar surface area (TPSA) is 108 Å². The van der Waals surface area contributed by atoms with Gasteiger partial charge in [-0.1, -0.05) is 192 Å². The van der Waals surface area contributed by atoms with Gasteiger partial charge in [0.15, 0.2) is 6.10 Å². The second-order valence-corrected chi connectivity index (χ2v) is 18.9. The Morgan fingerprint density at radius 3 is 1.44 bits per heavy atom. The number of carbonyl (C=O) groups excluding carboxylic acids is 2. The van der Waals surface area contributed by atoms with E-state index in [2.05, 4.69) is 50.3 Å². The third-order valence-corrected chi connectivity index (χ3v) is 11.4. The van der Waals surface area contributed by atoms with E-state index in [9.17, 15) is 19.0 Å². The Labute approximate surface area is 363 Å². The fraction of sp³-hybridized carbons (Fsp3) is 0.837. The molecule has 2 atom stereocenters. The number of esters is 2. The summed E-state index contributed by atoms with van der Waals surface area (Å²) >= 11 is 0. The smallest absolute Gasteiger partial charge is 0.462 e. The van der Waals surface area contributed by atoms with Gasteiger partial charge >= 0.3 is 19.8 Å². The molecule has 0 heterocycles. The molecule has 0 aromatic rings. The molecule has 0 aromatic heterocycles. The number of phosphoric ester groups is 1. The van der Waals surface area contributed by atoms with Crippen molar-refractivity contribution in [3.63, 3.8) is 0 Å². The minimum atomic E-state index is -4.38. The summed E-state index contributed by atoms with van der Waals surface area (Å²) in [6.45, 7) is 4.32. The van der Waals surface area contributed by atoms with Gasteiger partial charge in [-0.15, -0.1) is 0 Å². The highest BCUT2D eigenvalue weighted by molar-refractivity contribution is 7.47. The van der Waals surface area contributed by atoms with Gasteiger partial charge in [-0.25, -0.2) is 4.57 Å². The number of unbranched alkanes of at least 4 members (excludes halogenated alkanes) is 24. The lowest BCUT2D eigenvalue weighted by Gasteiger charge is -2.24. The number of phosphoric acid groups is 1. The summed E-state index contributed by atoms with van der Waals surface area (Å²) in [4.78, 5) is 35.5. The second kappa shape index (κ2) is 41.6. The number of hydrogen-bond acceptors (Lipinski definition) is 7. The summed E-state index contributed by atoms with van der Waals surface area (Å²) < 4.78 is 34.4. The van der Waals surface area contributed by atoms with Crippen LogP contribution in [0.5, 0.6) is 0 Å². The first-order valence-corrected chi connectivity index (χ1v) is 25.7. The van der Waals surface area contributed by atoms with Gasteiger partial charge in [0, 0.05) is 12.8 Å². The minimum absolute atomic E-state index is 0.0296. The molecule has 59 heavy (non-hydrogen) atoms. The van der Waals surface area contributed by atoms with Crippen molar-refractivity contribution in [3.05, 3.63) is 36.5 Å². The Kier molecular flexibility index (Phi) is 40.3. The van der Waals surface area contributed by atoms with Crippen molar-refractivity contribution < 1.29 is 42.1 Å². The van der Waals surface area contributed by atoms with Crippen LogP contribution in [0.3, 0.4) is 0 Å². The fourth-order valence-electron chi connectivity index (χ4n) is 6.68. The van der Waals surface area contributed by atoms with Crippen LogP contribution in [0.15, 0.2) is 36.5 Å². The van der Waals surface area contributed by atoms with Crippen LogP contribution in [-0.2, 0) is 32.7 Å². The van der Waals surface area contributed by atoms with E-state index < -0.39 is 26.5 Å². The Balaban J connectivity index is 4.27. The maximum atomic E-state index is 12.7. The van der Waals surface area contributed by atoms with Crippen LogP contribution in [0.4, 0.5) is 0 Å². The summed E-state index contributed by atoms with van der Waals surface area (Å²) in [6, 6.07) is 0. The van der Waals surface area contributed by atoms with E-state index in [-0.39, 0.29) is 32.0 Å². The Hall–Kier alpha value is -1.77. The number of quaternary nitrogens is 1. The highest BCUT2D eigenvalue weighted by Crippen LogP contribution is 2.43. The van der Waals surface area contributed by atoms with Gasteiger partial charge in [0.1, 0.15) is 19.8 Å². The SMILES string of the molecule is CC/C=C/C/C=C/C/C=C/CCCCCCCC(=O)OC[C@H](COP(=O)(O)OCC[N+](C)(C)C)OC(=O)CCCCCCCCCCCCCCCCCCCCCC. The summed E-state index contributed by atoms with van der Waals surface area (Å²) in [7, 11) is 1.47. The van der Waals surface area contributed by atoms with Crippen molar-refractivity contribution in [2.24, 2.45) is 0 Å². The van der Waals surface area contributed by atoms with Crippen LogP contribution in [0.25, 0.3) is 0 Å². The lowest BCUT2D eigenvalue weighted by Crippen LogP contribution is -2.37. The number of rotatable bonds is 44. The zero-order chi connectivity index (χ0) is 43.6. The van der Waals surface area contributed by atoms with E-state index in [1.165, 1.54) is 109 Å². The van der Waals surface area contributed by atoms with Crippen molar-refractivity contribution in [2.75, 3.05) is 47.5 Å². The van der Waals surface area contributed by atoms with Gasteiger partial charge in [-0.05, 0) is 44.9 Å². The molecule has 346 valence electrons. The van der Waals surface area contributed by atoms with E-state index >= 15 is 0 Å². The van der Waals surface area contributed by atoms with Crippen molar-refractivity contribution >= 4 is 19.8 Å². The molecular weight excluding hydrogens is 762 g/mol. The largest absolute Gasteiger partial charge is 0.472 e. The van der Waals surface area contributed by atoms with Crippen molar-refractivity contribution in [1.29, 1.82) is 0 Å². The average molecular weight is 855 g/mol. The van der Waals surface area contributed by atoms with Gasteiger partial charge in [0.05, 0.1) is 27.7 Å². The average Bonchev–Trinajstić information content (AvgIpc) is 3.19. The predicted molar refractivity (Wildman–Crippen MR) is 247 cm³/mol. The maximum Gasteiger partial charge on any atom is 0.472 e. The Morgan fingerprint density at radius 1 is 0.542 bits per heavy atom. The third kappa shape index (κ3) is 45.6. The van der Waals surface area contributed by atoms with Gasteiger partial charge in [-0.2, -0.15) is 0 Å². The molecule has 0 fully saturated rings. The fourth-order valence-corrected chi connectivity index (χ4v) is 7.42. The van der Waals surface area contributed by atoms with Crippen LogP contribution >= 0.6 is 7.82 Å². The second-order valence-electron chi connectivity index (χ2n) is 17.5. The summed E-state index contributed by atoms with van der Waals surface area (Å²) in [6.07, 6.45) is 47.7. The molecule has 0 amide bonds. The number of carbonyl (C=O) groups is 2. The molecule has 0 aliphatic rings. The highest BCUT2D eigenvalue weighted by Gasteiger charge is 2.27. The van der Waals surface area contributed by atoms with E-state index in [0.717, 1.165) is 70.6 Å². The highest BCUT2D eigenvalue weighted by atomic mass is 31.2. The van der Waals surface area contributed by atoms with Crippen molar-refractivity contribution in [2.45, 2.75) is 219 Å². The zero-order valence-corrected chi connectivity index (χ0v) is 39.9. The first-order chi connectivity index (χ1) is 28.5. The molecule has 10 heteroatoms. The first kappa shape index (κ1) is 57.2. The lowest BCUT2D eigenvalue weighted by atomic mass is 10.0. The van der Waals surface area contributed by atoms with Gasteiger partial charge in [0.25, 0.3) is 0 Å². The predicted octanol–water partition coefficient (Wildman–Crippen LogP) is 14.1. The van der Waals surface area contributed by atoms with Gasteiger partial charge < -0.3 is 18.9 Å². The Morgan fingerprint density at radius 2 is 0.966 bits per heavy atom. The number of ether oxygens (including phenoxy) is 2. The van der Waals surface area contributed by atoms with Crippen LogP contribution in [0, 0.1) is 0 Å². The molecule has 1 N–H and O–H groups in total. The normalized spacial score (nSPS) is 13.8. The first-order valence-electron chi connectivity index (χ1n) is 24.2. The minimum Gasteiger partial charge on any atom is -0.462 e. The summed E-state index contributed by atoms with van der Waals surface area (Å²) in [5.74, 6) is -0.811. The van der Waals surface area contributed by atoms with Crippen LogP contribution in [0.1, 0.15) is 213 Å². The molecular formula is C49H93NO8P+. The standard InChI is InChI=1S/C49H92NO8P/c1-6-8-10-12-14-16-18-20-22-23-24-25-26-28-30-32-34-36-38-40-42-49(52)58-47(46-57-59(53,54)56-44-43-50(3,4)5)45-55-48(51)41-39-37-35-33-31-29-27-21-19-17-15-13-11-9-7-2/h9,11,15,17,21,27,47H,6-8,10,12-14,16,18-20,22-26,28-46H2,1-5H3/p+1/b11-9+,17-15+,27-21+/t47-/m1/s1. The molecule has 0 saturated carbocycles. The molecule has 1 unspecified atom stereocenters. The number of hydrogen-bond donors (Lipinski definition) is 1. The van der Waals surface area contributed by atoms with E-state index in [0.29, 0.717) is 17.4 Å². The molecule has 0 saturated heterocycles. The molecule has 0 aromatic carbocycles. The lowest BCUT2D eigenvalue weighted by molar-refractivity contribution is -0.870. The van der Waals surface area contributed by atoms with Crippen molar-refractivity contribution in [1.82, 2.24) is 0 Å². The Bertz CT molecular complexity index is 1100. The van der Waals surface area contributed by atoms with E-state index in [1.54, 1.807) is 0 Å². The van der Waals surface area contributed by atoms with Crippen molar-refractivity contribution in [3.8, 4) is 0 Å². The molecule has 0 spiro atoms. The van der Waals surface area contributed by atoms with Gasteiger partial charge in [-0.3, -0.25) is 18.6 Å². The number of nitrogens with zero attached hydrogens (tertiary/aromatic N) is 1. The van der Waals surface area contributed by atoms with E-state index in [1.807, 2.05) is 21.1 Å². The summed E-state index contributed by atoms with van der Waals surface area (Å²) in [5.41, 5.74) is 0. The molecule has 0 bridgehead atoms. The van der Waals surface area contributed by atoms with Gasteiger partial charge in [0.2, 0.25) is 0 Å². The molecule has 0 aliphatic carbocycles.